The Balaban J connectivity index is 0.000000245. The van der Waals surface area contributed by atoms with Crippen LogP contribution in [0.1, 0.15) is 5.56 Å². The second kappa shape index (κ2) is 13.7. The number of benzene rings is 5. The third-order valence-electron chi connectivity index (χ3n) is 9.33. The van der Waals surface area contributed by atoms with Crippen molar-refractivity contribution in [1.29, 1.82) is 0 Å². The average Bonchev–Trinajstić information content (AvgIpc) is 3.71. The molecule has 5 heterocycles. The Kier molecular flexibility index (Phi) is 8.67. The summed E-state index contributed by atoms with van der Waals surface area (Å²) in [5.41, 5.74) is 13.1. The number of aromatic nitrogens is 4. The maximum Gasteiger partial charge on any atom is 0.0604 e. The molecule has 0 saturated heterocycles. The van der Waals surface area contributed by atoms with E-state index in [1.807, 2.05) is 48.7 Å². The summed E-state index contributed by atoms with van der Waals surface area (Å²) in [5, 5.41) is 4.81. The van der Waals surface area contributed by atoms with Crippen LogP contribution in [-0.4, -0.2) is 19.4 Å². The second-order valence-corrected chi connectivity index (χ2v) is 12.4. The molecule has 0 N–H and O–H groups in total. The largest absolute Gasteiger partial charge is 0.335 e. The van der Waals surface area contributed by atoms with E-state index in [-0.39, 0.29) is 20.1 Å². The molecule has 0 aliphatic rings. The van der Waals surface area contributed by atoms with Crippen molar-refractivity contribution in [2.45, 2.75) is 6.92 Å². The van der Waals surface area contributed by atoms with Crippen LogP contribution >= 0.6 is 0 Å². The van der Waals surface area contributed by atoms with E-state index in [0.717, 1.165) is 39.1 Å². The van der Waals surface area contributed by atoms with Gasteiger partial charge in [0.2, 0.25) is 0 Å². The van der Waals surface area contributed by atoms with E-state index in [1.54, 1.807) is 6.20 Å². The summed E-state index contributed by atoms with van der Waals surface area (Å²) in [6, 6.07) is 55.4. The molecular formula is C46H30IrN4-2. The average molecular weight is 831 g/mol. The summed E-state index contributed by atoms with van der Waals surface area (Å²) in [4.78, 5) is 13.9. The number of nitrogens with zero attached hydrogens (tertiary/aromatic N) is 4. The van der Waals surface area contributed by atoms with E-state index in [0.29, 0.717) is 0 Å². The van der Waals surface area contributed by atoms with Gasteiger partial charge in [0.25, 0.3) is 0 Å². The first-order chi connectivity index (χ1) is 24.7. The van der Waals surface area contributed by atoms with Gasteiger partial charge in [-0.3, -0.25) is 0 Å². The molecule has 0 amide bonds. The molecule has 1 radical (unpaired) electrons. The zero-order valence-corrected chi connectivity index (χ0v) is 30.1. The zero-order chi connectivity index (χ0) is 33.4. The van der Waals surface area contributed by atoms with Gasteiger partial charge in [0.05, 0.1) is 11.2 Å². The molecule has 0 fully saturated rings. The number of aryl methyl sites for hydroxylation is 1. The van der Waals surface area contributed by atoms with E-state index in [9.17, 15) is 0 Å². The third kappa shape index (κ3) is 5.87. The molecule has 0 aliphatic carbocycles. The monoisotopic (exact) mass is 831 g/mol. The van der Waals surface area contributed by atoms with E-state index in [1.165, 1.54) is 49.4 Å². The second-order valence-electron chi connectivity index (χ2n) is 12.4. The number of hydrogen-bond acceptors (Lipinski definition) is 3. The van der Waals surface area contributed by atoms with Crippen LogP contribution in [0.2, 0.25) is 0 Å². The van der Waals surface area contributed by atoms with Gasteiger partial charge in [-0.1, -0.05) is 102 Å². The van der Waals surface area contributed by atoms with Crippen molar-refractivity contribution >= 4 is 38.2 Å². The third-order valence-corrected chi connectivity index (χ3v) is 9.33. The van der Waals surface area contributed by atoms with Crippen LogP contribution in [0.15, 0.2) is 164 Å². The van der Waals surface area contributed by atoms with Crippen LogP contribution < -0.4 is 0 Å². The first kappa shape index (κ1) is 32.2. The molecule has 0 aliphatic heterocycles. The van der Waals surface area contributed by atoms with Gasteiger partial charge in [-0.2, -0.15) is 0 Å². The predicted molar refractivity (Wildman–Crippen MR) is 205 cm³/mol. The molecule has 10 aromatic rings. The minimum atomic E-state index is 0. The predicted octanol–water partition coefficient (Wildman–Crippen LogP) is 11.3. The van der Waals surface area contributed by atoms with Gasteiger partial charge in [-0.15, -0.1) is 47.5 Å². The normalized spacial score (nSPS) is 11.1. The number of rotatable bonds is 4. The molecule has 0 unspecified atom stereocenters. The summed E-state index contributed by atoms with van der Waals surface area (Å²) < 4.78 is 2.29. The summed E-state index contributed by atoms with van der Waals surface area (Å²) >= 11 is 0. The molecule has 10 rings (SSSR count). The van der Waals surface area contributed by atoms with Crippen LogP contribution in [0.5, 0.6) is 0 Å². The number of pyridine rings is 3. The van der Waals surface area contributed by atoms with Crippen LogP contribution in [0, 0.1) is 19.2 Å². The van der Waals surface area contributed by atoms with Crippen molar-refractivity contribution in [3.05, 3.63) is 182 Å². The quantitative estimate of drug-likeness (QED) is 0.166. The fourth-order valence-electron chi connectivity index (χ4n) is 6.92. The van der Waals surface area contributed by atoms with Crippen molar-refractivity contribution in [3.8, 4) is 44.8 Å². The molecular weight excluding hydrogens is 801 g/mol. The maximum absolute atomic E-state index is 4.89. The van der Waals surface area contributed by atoms with Gasteiger partial charge in [0.1, 0.15) is 0 Å². The van der Waals surface area contributed by atoms with Gasteiger partial charge in [0, 0.05) is 48.8 Å². The van der Waals surface area contributed by atoms with E-state index in [4.69, 9.17) is 9.97 Å². The molecule has 0 saturated carbocycles. The number of hydrogen-bond donors (Lipinski definition) is 0. The van der Waals surface area contributed by atoms with Gasteiger partial charge in [0.15, 0.2) is 0 Å². The fourth-order valence-corrected chi connectivity index (χ4v) is 6.92. The molecule has 4 nitrogen and oxygen atoms in total. The number of fused-ring (bicyclic) bond motifs is 6. The van der Waals surface area contributed by atoms with Crippen LogP contribution in [0.25, 0.3) is 83.0 Å². The van der Waals surface area contributed by atoms with Gasteiger partial charge >= 0.3 is 0 Å². The van der Waals surface area contributed by atoms with Gasteiger partial charge in [-0.05, 0) is 82.0 Å². The van der Waals surface area contributed by atoms with Crippen molar-refractivity contribution in [1.82, 2.24) is 19.4 Å². The minimum absolute atomic E-state index is 0. The first-order valence-corrected chi connectivity index (χ1v) is 16.7. The molecule has 51 heavy (non-hydrogen) atoms. The van der Waals surface area contributed by atoms with Crippen molar-refractivity contribution in [3.63, 3.8) is 0 Å². The zero-order valence-electron chi connectivity index (χ0n) is 27.7. The Morgan fingerprint density at radius 1 is 0.549 bits per heavy atom. The summed E-state index contributed by atoms with van der Waals surface area (Å²) in [6.45, 7) is 2.13. The summed E-state index contributed by atoms with van der Waals surface area (Å²) in [6.07, 6.45) is 7.04. The summed E-state index contributed by atoms with van der Waals surface area (Å²) in [5.74, 6) is 0. The van der Waals surface area contributed by atoms with Crippen molar-refractivity contribution < 1.29 is 20.1 Å². The topological polar surface area (TPSA) is 43.1 Å². The number of para-hydroxylation sites is 1. The van der Waals surface area contributed by atoms with Crippen LogP contribution in [-0.2, 0) is 20.1 Å². The maximum atomic E-state index is 4.89. The van der Waals surface area contributed by atoms with Crippen LogP contribution in [0.4, 0.5) is 0 Å². The SMILES string of the molecule is Cc1ccccc1-c1ccc(-c2[c-]nc3c(c2)c2cc(-c4ccccc4)cc4c5ccccc5n3c42)nc1.[Ir].[c-]1ccccc1-c1ccccn1. The first-order valence-electron chi connectivity index (χ1n) is 16.7. The molecule has 0 bridgehead atoms. The Labute approximate surface area is 309 Å². The van der Waals surface area contributed by atoms with Gasteiger partial charge in [-0.25, -0.2) is 0 Å². The molecule has 5 aromatic heterocycles. The van der Waals surface area contributed by atoms with E-state index < -0.39 is 0 Å². The summed E-state index contributed by atoms with van der Waals surface area (Å²) in [7, 11) is 0. The van der Waals surface area contributed by atoms with Crippen molar-refractivity contribution in [2.75, 3.05) is 0 Å². The standard InChI is InChI=1S/C35H22N3.C11H8N.Ir/c1-22-9-5-6-12-27(22)24-15-16-32(36-20-24)26-19-31-30-18-25(23-10-3-2-4-11-23)17-29-28-13-7-8-14-33(28)38(34(29)30)35(31)37-21-26;1-2-6-10(7-3-1)11-8-4-5-9-12-11;/h2-20H,1H3;1-6,8-9H;/q2*-1;. The molecule has 5 aromatic carbocycles. The molecule has 5 heteroatoms. The van der Waals surface area contributed by atoms with Gasteiger partial charge < -0.3 is 19.4 Å². The van der Waals surface area contributed by atoms with E-state index in [2.05, 4.69) is 138 Å². The molecule has 0 atom stereocenters. The fraction of sp³-hybridized carbons (Fsp3) is 0.0217. The Bertz CT molecular complexity index is 2700. The van der Waals surface area contributed by atoms with E-state index >= 15 is 0 Å². The van der Waals surface area contributed by atoms with Crippen molar-refractivity contribution in [2.24, 2.45) is 0 Å². The minimum Gasteiger partial charge on any atom is -0.335 e. The smallest absolute Gasteiger partial charge is 0.0604 e. The Hall–Kier alpha value is -6.00. The molecule has 245 valence electrons. The van der Waals surface area contributed by atoms with Crippen LogP contribution in [0.3, 0.4) is 0 Å². The Morgan fingerprint density at radius 2 is 1.29 bits per heavy atom. The molecule has 0 spiro atoms. The Morgan fingerprint density at radius 3 is 2.06 bits per heavy atom.